The van der Waals surface area contributed by atoms with Crippen LogP contribution in [0.3, 0.4) is 0 Å². The number of carbonyl (C=O) groups is 4. The average Bonchev–Trinajstić information content (AvgIpc) is 3.58. The van der Waals surface area contributed by atoms with E-state index >= 15 is 0 Å². The Kier molecular flexibility index (Phi) is 57.6. The standard InChI is InChI=1S/C69H134O17P2/c1-9-62(8)48-40-32-24-17-18-26-35-43-51-68(73)85-64(56-80-67(72)50-42-34-27-19-22-30-38-46-60(4)5)57-83-87(75,76)81-53-63(70)54-82-88(77,78)84-58-65(86-69(74)52-44-36-28-20-23-31-39-47-61(6)7)55-79-66(71)49-41-33-25-16-14-12-10-11-13-15-21-29-37-45-59(2)3/h59-65,70H,9-58H2,1-8H3,(H,75,76)(H,77,78)/t62?,63?,64-,65-/m1/s1. The summed E-state index contributed by atoms with van der Waals surface area (Å²) in [7, 11) is -9.90. The van der Waals surface area contributed by atoms with Gasteiger partial charge in [0.1, 0.15) is 19.3 Å². The number of rotatable bonds is 66. The van der Waals surface area contributed by atoms with Crippen molar-refractivity contribution in [2.75, 3.05) is 39.6 Å². The van der Waals surface area contributed by atoms with Gasteiger partial charge in [0.05, 0.1) is 26.4 Å². The van der Waals surface area contributed by atoms with Gasteiger partial charge in [-0.05, 0) is 49.4 Å². The highest BCUT2D eigenvalue weighted by molar-refractivity contribution is 7.47. The first-order valence-electron chi connectivity index (χ1n) is 35.7. The number of hydrogen-bond acceptors (Lipinski definition) is 15. The molecule has 4 unspecified atom stereocenters. The first-order chi connectivity index (χ1) is 42.1. The lowest BCUT2D eigenvalue weighted by Crippen LogP contribution is -2.30. The van der Waals surface area contributed by atoms with Gasteiger partial charge in [0.2, 0.25) is 0 Å². The van der Waals surface area contributed by atoms with Crippen LogP contribution >= 0.6 is 15.6 Å². The van der Waals surface area contributed by atoms with Gasteiger partial charge in [-0.25, -0.2) is 9.13 Å². The smallest absolute Gasteiger partial charge is 0.462 e. The summed E-state index contributed by atoms with van der Waals surface area (Å²) in [4.78, 5) is 72.4. The van der Waals surface area contributed by atoms with E-state index in [1.807, 2.05) is 0 Å². The van der Waals surface area contributed by atoms with Gasteiger partial charge in [0.15, 0.2) is 12.2 Å². The molecule has 0 aromatic rings. The van der Waals surface area contributed by atoms with Gasteiger partial charge in [-0.1, -0.05) is 287 Å². The predicted octanol–water partition coefficient (Wildman–Crippen LogP) is 19.3. The fraction of sp³-hybridized carbons (Fsp3) is 0.942. The third-order valence-electron chi connectivity index (χ3n) is 16.2. The van der Waals surface area contributed by atoms with Crippen LogP contribution < -0.4 is 0 Å². The monoisotopic (exact) mass is 1300 g/mol. The van der Waals surface area contributed by atoms with Gasteiger partial charge in [-0.15, -0.1) is 0 Å². The highest BCUT2D eigenvalue weighted by atomic mass is 31.2. The summed E-state index contributed by atoms with van der Waals surface area (Å²) in [5.74, 6) is 0.827. The maximum Gasteiger partial charge on any atom is 0.472 e. The highest BCUT2D eigenvalue weighted by Crippen LogP contribution is 2.45. The zero-order valence-corrected chi connectivity index (χ0v) is 59.1. The molecule has 0 rings (SSSR count). The molecule has 3 N–H and O–H groups in total. The van der Waals surface area contributed by atoms with Crippen molar-refractivity contribution in [3.63, 3.8) is 0 Å². The van der Waals surface area contributed by atoms with E-state index in [1.165, 1.54) is 135 Å². The molecule has 0 bridgehead atoms. The number of phosphoric acid groups is 2. The van der Waals surface area contributed by atoms with Crippen LogP contribution in [0, 0.1) is 23.7 Å². The van der Waals surface area contributed by atoms with Crippen molar-refractivity contribution < 1.29 is 80.2 Å². The van der Waals surface area contributed by atoms with Gasteiger partial charge in [0, 0.05) is 25.7 Å². The summed E-state index contributed by atoms with van der Waals surface area (Å²) >= 11 is 0. The molecule has 0 radical (unpaired) electrons. The molecule has 0 aromatic carbocycles. The minimum atomic E-state index is -4.95. The number of aliphatic hydroxyl groups is 1. The number of ether oxygens (including phenoxy) is 4. The Hall–Kier alpha value is -1.94. The Morgan fingerprint density at radius 1 is 0.318 bits per heavy atom. The van der Waals surface area contributed by atoms with Crippen molar-refractivity contribution in [2.24, 2.45) is 23.7 Å². The number of phosphoric ester groups is 2. The lowest BCUT2D eigenvalue weighted by atomic mass is 9.99. The molecule has 19 heteroatoms. The summed E-state index contributed by atoms with van der Waals surface area (Å²) in [5, 5.41) is 10.6. The van der Waals surface area contributed by atoms with Crippen LogP contribution in [0.2, 0.25) is 0 Å². The molecule has 0 aliphatic heterocycles. The summed E-state index contributed by atoms with van der Waals surface area (Å²) in [6, 6.07) is 0. The quantitative estimate of drug-likeness (QED) is 0.0222. The Labute approximate surface area is 537 Å². The Balaban J connectivity index is 5.22. The van der Waals surface area contributed by atoms with Gasteiger partial charge < -0.3 is 33.8 Å². The fourth-order valence-corrected chi connectivity index (χ4v) is 11.9. The Bertz CT molecular complexity index is 1750. The number of carbonyl (C=O) groups excluding carboxylic acids is 4. The highest BCUT2D eigenvalue weighted by Gasteiger charge is 2.30. The van der Waals surface area contributed by atoms with Crippen LogP contribution in [0.15, 0.2) is 0 Å². The molecule has 0 saturated carbocycles. The van der Waals surface area contributed by atoms with E-state index in [0.29, 0.717) is 37.5 Å². The minimum Gasteiger partial charge on any atom is -0.462 e. The fourth-order valence-electron chi connectivity index (χ4n) is 10.3. The van der Waals surface area contributed by atoms with E-state index in [2.05, 4.69) is 55.4 Å². The van der Waals surface area contributed by atoms with Gasteiger partial charge in [0.25, 0.3) is 0 Å². The topological polar surface area (TPSA) is 237 Å². The van der Waals surface area contributed by atoms with Gasteiger partial charge >= 0.3 is 39.5 Å². The molecule has 0 saturated heterocycles. The van der Waals surface area contributed by atoms with Gasteiger partial charge in [-0.3, -0.25) is 37.3 Å². The van der Waals surface area contributed by atoms with Crippen molar-refractivity contribution in [1.29, 1.82) is 0 Å². The molecule has 88 heavy (non-hydrogen) atoms. The third kappa shape index (κ3) is 61.6. The van der Waals surface area contributed by atoms with E-state index in [9.17, 15) is 43.2 Å². The van der Waals surface area contributed by atoms with Crippen molar-refractivity contribution in [3.05, 3.63) is 0 Å². The molecule has 0 fully saturated rings. The van der Waals surface area contributed by atoms with Crippen LogP contribution in [0.4, 0.5) is 0 Å². The first-order valence-corrected chi connectivity index (χ1v) is 38.7. The zero-order chi connectivity index (χ0) is 65.4. The zero-order valence-electron chi connectivity index (χ0n) is 57.3. The second-order valence-electron chi connectivity index (χ2n) is 26.6. The maximum atomic E-state index is 13.0. The van der Waals surface area contributed by atoms with Crippen LogP contribution in [0.5, 0.6) is 0 Å². The molecule has 0 heterocycles. The number of esters is 4. The Morgan fingerprint density at radius 3 is 0.807 bits per heavy atom. The summed E-state index contributed by atoms with van der Waals surface area (Å²) in [6.45, 7) is 14.0. The lowest BCUT2D eigenvalue weighted by Gasteiger charge is -2.21. The van der Waals surface area contributed by atoms with E-state index < -0.39 is 97.5 Å². The van der Waals surface area contributed by atoms with Gasteiger partial charge in [-0.2, -0.15) is 0 Å². The molecule has 522 valence electrons. The van der Waals surface area contributed by atoms with Crippen molar-refractivity contribution >= 4 is 39.5 Å². The first kappa shape index (κ1) is 86.1. The molecular formula is C69H134O17P2. The Morgan fingerprint density at radius 2 is 0.545 bits per heavy atom. The minimum absolute atomic E-state index is 0.103. The molecule has 0 spiro atoms. The molecule has 6 atom stereocenters. The number of unbranched alkanes of at least 4 members (excludes halogenated alkanes) is 31. The number of hydrogen-bond donors (Lipinski definition) is 3. The van der Waals surface area contributed by atoms with Crippen LogP contribution in [-0.4, -0.2) is 96.7 Å². The third-order valence-corrected chi connectivity index (χ3v) is 18.1. The van der Waals surface area contributed by atoms with Crippen LogP contribution in [-0.2, 0) is 65.4 Å². The largest absolute Gasteiger partial charge is 0.472 e. The lowest BCUT2D eigenvalue weighted by molar-refractivity contribution is -0.161. The summed E-state index contributed by atoms with van der Waals surface area (Å²) in [5.41, 5.74) is 0. The van der Waals surface area contributed by atoms with E-state index in [1.54, 1.807) is 0 Å². The van der Waals surface area contributed by atoms with Crippen LogP contribution in [0.25, 0.3) is 0 Å². The molecule has 0 amide bonds. The maximum absolute atomic E-state index is 13.0. The summed E-state index contributed by atoms with van der Waals surface area (Å²) in [6.07, 6.45) is 40.4. The van der Waals surface area contributed by atoms with Crippen LogP contribution in [0.1, 0.15) is 338 Å². The van der Waals surface area contributed by atoms with E-state index in [0.717, 1.165) is 108 Å². The van der Waals surface area contributed by atoms with Crippen molar-refractivity contribution in [3.8, 4) is 0 Å². The average molecular weight is 1300 g/mol. The van der Waals surface area contributed by atoms with Crippen molar-refractivity contribution in [2.45, 2.75) is 356 Å². The molecular weight excluding hydrogens is 1160 g/mol. The van der Waals surface area contributed by atoms with E-state index in [4.69, 9.17) is 37.0 Å². The SMILES string of the molecule is CCC(C)CCCCCCCCCCC(=O)O[C@H](COC(=O)CCCCCCCCCC(C)C)COP(=O)(O)OCC(O)COP(=O)(O)OC[C@@H](COC(=O)CCCCCCCCCCCCCCCC(C)C)OC(=O)CCCCCCCCCC(C)C. The molecule has 17 nitrogen and oxygen atoms in total. The second-order valence-corrected chi connectivity index (χ2v) is 29.5. The number of aliphatic hydroxyl groups excluding tert-OH is 1. The second kappa shape index (κ2) is 58.8. The predicted molar refractivity (Wildman–Crippen MR) is 354 cm³/mol. The molecule has 0 aliphatic carbocycles. The van der Waals surface area contributed by atoms with Crippen molar-refractivity contribution in [1.82, 2.24) is 0 Å². The summed E-state index contributed by atoms with van der Waals surface area (Å²) < 4.78 is 68.2. The normalized spacial score (nSPS) is 14.6. The molecule has 0 aromatic heterocycles. The molecule has 0 aliphatic rings. The van der Waals surface area contributed by atoms with E-state index in [-0.39, 0.29) is 25.7 Å².